The topological polar surface area (TPSA) is 63.0 Å². The minimum absolute atomic E-state index is 0.815. The van der Waals surface area contributed by atoms with Gasteiger partial charge in [-0.05, 0) is 35.9 Å². The molecule has 3 aromatic rings. The zero-order valence-corrected chi connectivity index (χ0v) is 16.0. The van der Waals surface area contributed by atoms with E-state index in [1.54, 1.807) is 11.3 Å². The Kier molecular flexibility index (Phi) is 4.94. The Morgan fingerprint density at radius 1 is 1.08 bits per heavy atom. The molecule has 7 nitrogen and oxygen atoms in total. The maximum atomic E-state index is 4.68. The Bertz CT molecular complexity index is 847. The molecule has 0 amide bonds. The van der Waals surface area contributed by atoms with Gasteiger partial charge in [0.2, 0.25) is 5.95 Å². The molecule has 0 saturated carbocycles. The SMILES string of the molecule is CCc1nc(CN2CCN(c3nnnn3-c3ccc(C)cc3)CC2)cs1. The molecule has 1 aromatic carbocycles. The lowest BCUT2D eigenvalue weighted by atomic mass is 10.2. The molecule has 0 atom stereocenters. The van der Waals surface area contributed by atoms with Gasteiger partial charge in [-0.1, -0.05) is 29.7 Å². The molecule has 3 heterocycles. The van der Waals surface area contributed by atoms with E-state index in [9.17, 15) is 0 Å². The number of aromatic nitrogens is 5. The van der Waals surface area contributed by atoms with Crippen molar-refractivity contribution in [2.24, 2.45) is 0 Å². The number of rotatable bonds is 5. The summed E-state index contributed by atoms with van der Waals surface area (Å²) >= 11 is 1.76. The average molecular weight is 369 g/mol. The zero-order chi connectivity index (χ0) is 17.9. The summed E-state index contributed by atoms with van der Waals surface area (Å²) < 4.78 is 1.82. The van der Waals surface area contributed by atoms with Crippen LogP contribution in [0.2, 0.25) is 0 Å². The molecule has 0 aliphatic carbocycles. The van der Waals surface area contributed by atoms with Crippen molar-refractivity contribution in [2.75, 3.05) is 31.1 Å². The van der Waals surface area contributed by atoms with Crippen molar-refractivity contribution in [2.45, 2.75) is 26.8 Å². The molecule has 1 saturated heterocycles. The number of thiazole rings is 1. The summed E-state index contributed by atoms with van der Waals surface area (Å²) in [5, 5.41) is 15.7. The van der Waals surface area contributed by atoms with Crippen LogP contribution in [0.4, 0.5) is 5.95 Å². The minimum atomic E-state index is 0.815. The van der Waals surface area contributed by atoms with Crippen molar-refractivity contribution in [1.82, 2.24) is 30.1 Å². The van der Waals surface area contributed by atoms with Crippen molar-refractivity contribution in [3.05, 3.63) is 45.9 Å². The lowest BCUT2D eigenvalue weighted by molar-refractivity contribution is 0.246. The first kappa shape index (κ1) is 17.1. The van der Waals surface area contributed by atoms with Crippen LogP contribution in [0, 0.1) is 6.92 Å². The first-order chi connectivity index (χ1) is 12.7. The Labute approximate surface area is 157 Å². The molecule has 4 rings (SSSR count). The van der Waals surface area contributed by atoms with E-state index in [2.05, 4.69) is 73.8 Å². The Hall–Kier alpha value is -2.32. The highest BCUT2D eigenvalue weighted by Gasteiger charge is 2.22. The number of aryl methyl sites for hydroxylation is 2. The summed E-state index contributed by atoms with van der Waals surface area (Å²) in [5.74, 6) is 0.815. The van der Waals surface area contributed by atoms with E-state index in [0.29, 0.717) is 0 Å². The van der Waals surface area contributed by atoms with Gasteiger partial charge < -0.3 is 4.90 Å². The van der Waals surface area contributed by atoms with Crippen molar-refractivity contribution >= 4 is 17.3 Å². The molecular weight excluding hydrogens is 346 g/mol. The van der Waals surface area contributed by atoms with Crippen molar-refractivity contribution in [3.8, 4) is 5.69 Å². The van der Waals surface area contributed by atoms with E-state index >= 15 is 0 Å². The first-order valence-electron chi connectivity index (χ1n) is 8.99. The van der Waals surface area contributed by atoms with Gasteiger partial charge in [0.1, 0.15) is 0 Å². The largest absolute Gasteiger partial charge is 0.337 e. The van der Waals surface area contributed by atoms with E-state index in [4.69, 9.17) is 0 Å². The predicted molar refractivity (Wildman–Crippen MR) is 103 cm³/mol. The third kappa shape index (κ3) is 3.61. The number of hydrogen-bond acceptors (Lipinski definition) is 7. The maximum Gasteiger partial charge on any atom is 0.250 e. The van der Waals surface area contributed by atoms with Gasteiger partial charge in [0.25, 0.3) is 0 Å². The lowest BCUT2D eigenvalue weighted by Crippen LogP contribution is -2.46. The number of anilines is 1. The van der Waals surface area contributed by atoms with E-state index in [-0.39, 0.29) is 0 Å². The number of benzene rings is 1. The summed E-state index contributed by atoms with van der Waals surface area (Å²) in [6.07, 6.45) is 1.01. The molecule has 0 bridgehead atoms. The van der Waals surface area contributed by atoms with Crippen LogP contribution >= 0.6 is 11.3 Å². The molecule has 1 aliphatic heterocycles. The third-order valence-corrected chi connectivity index (χ3v) is 5.72. The average Bonchev–Trinajstić information content (AvgIpc) is 3.32. The van der Waals surface area contributed by atoms with Gasteiger partial charge in [-0.15, -0.1) is 11.3 Å². The van der Waals surface area contributed by atoms with E-state index in [1.165, 1.54) is 16.3 Å². The van der Waals surface area contributed by atoms with E-state index in [1.807, 2.05) is 4.68 Å². The highest BCUT2D eigenvalue weighted by Crippen LogP contribution is 2.19. The molecule has 0 radical (unpaired) electrons. The van der Waals surface area contributed by atoms with Crippen LogP contribution in [0.25, 0.3) is 5.69 Å². The standard InChI is InChI=1S/C18H23N7S/c1-3-17-19-15(13-26-17)12-23-8-10-24(11-9-23)18-20-21-22-25(18)16-6-4-14(2)5-7-16/h4-7,13H,3,8-12H2,1-2H3. The summed E-state index contributed by atoms with van der Waals surface area (Å²) in [6, 6.07) is 8.27. The fraction of sp³-hybridized carbons (Fsp3) is 0.444. The molecule has 136 valence electrons. The smallest absolute Gasteiger partial charge is 0.250 e. The lowest BCUT2D eigenvalue weighted by Gasteiger charge is -2.34. The van der Waals surface area contributed by atoms with Gasteiger partial charge in [0, 0.05) is 38.1 Å². The summed E-state index contributed by atoms with van der Waals surface area (Å²) in [7, 11) is 0. The van der Waals surface area contributed by atoms with Gasteiger partial charge in [0.15, 0.2) is 0 Å². The normalized spacial score (nSPS) is 15.5. The van der Waals surface area contributed by atoms with Crippen LogP contribution in [-0.2, 0) is 13.0 Å². The number of piperazine rings is 1. The van der Waals surface area contributed by atoms with Crippen molar-refractivity contribution in [1.29, 1.82) is 0 Å². The maximum absolute atomic E-state index is 4.68. The van der Waals surface area contributed by atoms with E-state index < -0.39 is 0 Å². The van der Waals surface area contributed by atoms with Crippen LogP contribution in [0.3, 0.4) is 0 Å². The Balaban J connectivity index is 1.41. The van der Waals surface area contributed by atoms with Crippen LogP contribution in [-0.4, -0.2) is 56.3 Å². The number of hydrogen-bond donors (Lipinski definition) is 0. The molecule has 0 spiro atoms. The molecule has 0 N–H and O–H groups in total. The zero-order valence-electron chi connectivity index (χ0n) is 15.2. The highest BCUT2D eigenvalue weighted by atomic mass is 32.1. The first-order valence-corrected chi connectivity index (χ1v) is 9.87. The van der Waals surface area contributed by atoms with Crippen LogP contribution < -0.4 is 4.90 Å². The second-order valence-electron chi connectivity index (χ2n) is 6.58. The van der Waals surface area contributed by atoms with Gasteiger partial charge in [-0.2, -0.15) is 4.68 Å². The second kappa shape index (κ2) is 7.51. The molecule has 1 aliphatic rings. The fourth-order valence-corrected chi connectivity index (χ4v) is 3.89. The summed E-state index contributed by atoms with van der Waals surface area (Å²) in [5.41, 5.74) is 3.41. The van der Waals surface area contributed by atoms with Crippen molar-refractivity contribution < 1.29 is 0 Å². The molecule has 8 heteroatoms. The van der Waals surface area contributed by atoms with Crippen LogP contribution in [0.1, 0.15) is 23.2 Å². The molecule has 26 heavy (non-hydrogen) atoms. The third-order valence-electron chi connectivity index (χ3n) is 4.67. The Morgan fingerprint density at radius 2 is 1.85 bits per heavy atom. The number of nitrogens with zero attached hydrogens (tertiary/aromatic N) is 7. The van der Waals surface area contributed by atoms with Crippen LogP contribution in [0.5, 0.6) is 0 Å². The molecular formula is C18H23N7S. The van der Waals surface area contributed by atoms with Gasteiger partial charge >= 0.3 is 0 Å². The molecule has 1 fully saturated rings. The summed E-state index contributed by atoms with van der Waals surface area (Å²) in [4.78, 5) is 9.39. The van der Waals surface area contributed by atoms with Gasteiger partial charge in [0.05, 0.1) is 16.4 Å². The van der Waals surface area contributed by atoms with Gasteiger partial charge in [-0.25, -0.2) is 4.98 Å². The predicted octanol–water partition coefficient (Wildman–Crippen LogP) is 2.31. The highest BCUT2D eigenvalue weighted by molar-refractivity contribution is 7.09. The monoisotopic (exact) mass is 369 g/mol. The molecule has 0 unspecified atom stereocenters. The van der Waals surface area contributed by atoms with Crippen LogP contribution in [0.15, 0.2) is 29.6 Å². The quantitative estimate of drug-likeness (QED) is 0.688. The van der Waals surface area contributed by atoms with Crippen molar-refractivity contribution in [3.63, 3.8) is 0 Å². The van der Waals surface area contributed by atoms with E-state index in [0.717, 1.165) is 50.8 Å². The molecule has 2 aromatic heterocycles. The fourth-order valence-electron chi connectivity index (χ4n) is 3.15. The minimum Gasteiger partial charge on any atom is -0.337 e. The Morgan fingerprint density at radius 3 is 2.54 bits per heavy atom. The summed E-state index contributed by atoms with van der Waals surface area (Å²) in [6.45, 7) is 8.95. The van der Waals surface area contributed by atoms with Gasteiger partial charge in [-0.3, -0.25) is 4.90 Å². The second-order valence-corrected chi connectivity index (χ2v) is 7.52. The number of tetrazole rings is 1.